The van der Waals surface area contributed by atoms with Crippen molar-refractivity contribution < 1.29 is 9.84 Å². The van der Waals surface area contributed by atoms with Crippen molar-refractivity contribution >= 4 is 0 Å². The lowest BCUT2D eigenvalue weighted by Crippen LogP contribution is -2.14. The maximum atomic E-state index is 9.42. The SMILES string of the molecule is CC(O)OC(c1ccccc1)c1ccccc1. The summed E-state index contributed by atoms with van der Waals surface area (Å²) in [5, 5.41) is 9.42. The van der Waals surface area contributed by atoms with Crippen LogP contribution in [-0.4, -0.2) is 11.4 Å². The van der Waals surface area contributed by atoms with E-state index in [-0.39, 0.29) is 6.10 Å². The van der Waals surface area contributed by atoms with Crippen LogP contribution >= 0.6 is 0 Å². The third kappa shape index (κ3) is 3.16. The summed E-state index contributed by atoms with van der Waals surface area (Å²) in [5.74, 6) is 0. The lowest BCUT2D eigenvalue weighted by atomic mass is 10.0. The van der Waals surface area contributed by atoms with Crippen LogP contribution in [0.3, 0.4) is 0 Å². The third-order valence-corrected chi connectivity index (χ3v) is 2.54. The first-order chi connectivity index (χ1) is 8.27. The number of aliphatic hydroxyl groups is 1. The summed E-state index contributed by atoms with van der Waals surface area (Å²) in [6.07, 6.45) is -1.02. The van der Waals surface area contributed by atoms with Crippen LogP contribution in [0.25, 0.3) is 0 Å². The van der Waals surface area contributed by atoms with E-state index in [1.165, 1.54) is 0 Å². The summed E-state index contributed by atoms with van der Waals surface area (Å²) < 4.78 is 5.58. The fourth-order valence-electron chi connectivity index (χ4n) is 1.80. The Hall–Kier alpha value is -1.64. The summed E-state index contributed by atoms with van der Waals surface area (Å²) in [6.45, 7) is 1.62. The van der Waals surface area contributed by atoms with Gasteiger partial charge in [0, 0.05) is 0 Å². The minimum absolute atomic E-state index is 0.225. The Labute approximate surface area is 101 Å². The highest BCUT2D eigenvalue weighted by molar-refractivity contribution is 5.29. The molecule has 0 aliphatic carbocycles. The number of hydrogen-bond donors (Lipinski definition) is 1. The van der Waals surface area contributed by atoms with Gasteiger partial charge in [0.2, 0.25) is 0 Å². The molecular formula is C15H16O2. The van der Waals surface area contributed by atoms with E-state index < -0.39 is 6.29 Å². The second-order valence-corrected chi connectivity index (χ2v) is 3.94. The molecule has 0 aliphatic heterocycles. The van der Waals surface area contributed by atoms with Gasteiger partial charge in [-0.25, -0.2) is 0 Å². The molecule has 0 aromatic heterocycles. The van der Waals surface area contributed by atoms with Crippen LogP contribution in [0, 0.1) is 0 Å². The molecule has 0 saturated heterocycles. The summed E-state index contributed by atoms with van der Waals surface area (Å²) in [5.41, 5.74) is 2.08. The topological polar surface area (TPSA) is 29.5 Å². The minimum Gasteiger partial charge on any atom is -0.368 e. The van der Waals surface area contributed by atoms with Gasteiger partial charge >= 0.3 is 0 Å². The number of benzene rings is 2. The first-order valence-corrected chi connectivity index (χ1v) is 5.71. The summed E-state index contributed by atoms with van der Waals surface area (Å²) >= 11 is 0. The maximum Gasteiger partial charge on any atom is 0.153 e. The molecule has 1 atom stereocenters. The van der Waals surface area contributed by atoms with Gasteiger partial charge in [-0.1, -0.05) is 60.7 Å². The van der Waals surface area contributed by atoms with Crippen molar-refractivity contribution in [2.75, 3.05) is 0 Å². The second kappa shape index (κ2) is 5.62. The van der Waals surface area contributed by atoms with Gasteiger partial charge in [0.25, 0.3) is 0 Å². The first-order valence-electron chi connectivity index (χ1n) is 5.71. The van der Waals surface area contributed by atoms with E-state index in [0.29, 0.717) is 0 Å². The van der Waals surface area contributed by atoms with Gasteiger partial charge in [0.1, 0.15) is 6.10 Å². The third-order valence-electron chi connectivity index (χ3n) is 2.54. The highest BCUT2D eigenvalue weighted by Crippen LogP contribution is 2.26. The Kier molecular flexibility index (Phi) is 3.91. The number of rotatable bonds is 4. The van der Waals surface area contributed by atoms with E-state index in [9.17, 15) is 5.11 Å². The molecule has 0 amide bonds. The molecule has 0 saturated carbocycles. The van der Waals surface area contributed by atoms with Crippen LogP contribution in [0.4, 0.5) is 0 Å². The Morgan fingerprint density at radius 3 is 1.59 bits per heavy atom. The van der Waals surface area contributed by atoms with Crippen LogP contribution in [0.5, 0.6) is 0 Å². The molecule has 88 valence electrons. The molecule has 2 aromatic carbocycles. The second-order valence-electron chi connectivity index (χ2n) is 3.94. The van der Waals surface area contributed by atoms with Crippen molar-refractivity contribution in [1.82, 2.24) is 0 Å². The largest absolute Gasteiger partial charge is 0.368 e. The summed E-state index contributed by atoms with van der Waals surface area (Å²) in [4.78, 5) is 0. The summed E-state index contributed by atoms with van der Waals surface area (Å²) in [7, 11) is 0. The Bertz CT molecular complexity index is 397. The van der Waals surface area contributed by atoms with E-state index in [0.717, 1.165) is 11.1 Å². The van der Waals surface area contributed by atoms with Gasteiger partial charge in [-0.15, -0.1) is 0 Å². The van der Waals surface area contributed by atoms with Gasteiger partial charge in [-0.3, -0.25) is 0 Å². The highest BCUT2D eigenvalue weighted by atomic mass is 16.6. The lowest BCUT2D eigenvalue weighted by molar-refractivity contribution is -0.113. The fraction of sp³-hybridized carbons (Fsp3) is 0.200. The van der Waals surface area contributed by atoms with Gasteiger partial charge in [-0.2, -0.15) is 0 Å². The molecule has 0 radical (unpaired) electrons. The zero-order chi connectivity index (χ0) is 12.1. The molecule has 2 aromatic rings. The molecule has 17 heavy (non-hydrogen) atoms. The van der Waals surface area contributed by atoms with Crippen molar-refractivity contribution in [1.29, 1.82) is 0 Å². The van der Waals surface area contributed by atoms with E-state index in [2.05, 4.69) is 0 Å². The Balaban J connectivity index is 2.32. The van der Waals surface area contributed by atoms with Crippen molar-refractivity contribution in [3.63, 3.8) is 0 Å². The predicted molar refractivity (Wildman–Crippen MR) is 67.5 cm³/mol. The predicted octanol–water partition coefficient (Wildman–Crippen LogP) is 3.13. The average Bonchev–Trinajstić information content (AvgIpc) is 2.38. The van der Waals surface area contributed by atoms with E-state index in [1.54, 1.807) is 6.92 Å². The van der Waals surface area contributed by atoms with Crippen molar-refractivity contribution in [2.24, 2.45) is 0 Å². The Morgan fingerprint density at radius 2 is 1.24 bits per heavy atom. The molecule has 0 spiro atoms. The standard InChI is InChI=1S/C15H16O2/c1-12(16)17-15(13-8-4-2-5-9-13)14-10-6-3-7-11-14/h2-12,15-16H,1H3. The Morgan fingerprint density at radius 1 is 0.824 bits per heavy atom. The molecule has 0 heterocycles. The number of ether oxygens (including phenoxy) is 1. The smallest absolute Gasteiger partial charge is 0.153 e. The van der Waals surface area contributed by atoms with E-state index in [1.807, 2.05) is 60.7 Å². The molecule has 0 fully saturated rings. The monoisotopic (exact) mass is 228 g/mol. The molecule has 1 N–H and O–H groups in total. The van der Waals surface area contributed by atoms with Crippen LogP contribution in [0.15, 0.2) is 60.7 Å². The molecule has 2 rings (SSSR count). The van der Waals surface area contributed by atoms with Crippen LogP contribution in [0.1, 0.15) is 24.2 Å². The van der Waals surface area contributed by atoms with Gasteiger partial charge in [0.15, 0.2) is 6.29 Å². The maximum absolute atomic E-state index is 9.42. The van der Waals surface area contributed by atoms with E-state index in [4.69, 9.17) is 4.74 Å². The average molecular weight is 228 g/mol. The van der Waals surface area contributed by atoms with Crippen LogP contribution in [-0.2, 0) is 4.74 Å². The van der Waals surface area contributed by atoms with Crippen LogP contribution in [0.2, 0.25) is 0 Å². The normalized spacial score (nSPS) is 12.6. The molecule has 1 unspecified atom stereocenters. The van der Waals surface area contributed by atoms with Crippen molar-refractivity contribution in [2.45, 2.75) is 19.3 Å². The molecule has 0 bridgehead atoms. The summed E-state index contributed by atoms with van der Waals surface area (Å²) in [6, 6.07) is 19.8. The molecule has 2 heteroatoms. The van der Waals surface area contributed by atoms with Gasteiger partial charge in [-0.05, 0) is 18.1 Å². The zero-order valence-corrected chi connectivity index (χ0v) is 9.78. The number of aliphatic hydroxyl groups excluding tert-OH is 1. The fourth-order valence-corrected chi connectivity index (χ4v) is 1.80. The van der Waals surface area contributed by atoms with Crippen LogP contribution < -0.4 is 0 Å². The molecule has 2 nitrogen and oxygen atoms in total. The van der Waals surface area contributed by atoms with Crippen molar-refractivity contribution in [3.05, 3.63) is 71.8 Å². The quantitative estimate of drug-likeness (QED) is 0.815. The van der Waals surface area contributed by atoms with Crippen molar-refractivity contribution in [3.8, 4) is 0 Å². The lowest BCUT2D eigenvalue weighted by Gasteiger charge is -2.20. The minimum atomic E-state index is -0.791. The highest BCUT2D eigenvalue weighted by Gasteiger charge is 2.16. The zero-order valence-electron chi connectivity index (χ0n) is 9.78. The van der Waals surface area contributed by atoms with Gasteiger partial charge < -0.3 is 9.84 Å². The van der Waals surface area contributed by atoms with Gasteiger partial charge in [0.05, 0.1) is 0 Å². The van der Waals surface area contributed by atoms with E-state index >= 15 is 0 Å². The molecule has 0 aliphatic rings. The number of hydrogen-bond acceptors (Lipinski definition) is 2. The molecular weight excluding hydrogens is 212 g/mol. The first kappa shape index (κ1) is 11.8.